The fraction of sp³-hybridized carbons (Fsp3) is 0.375. The molecule has 0 N–H and O–H groups in total. The van der Waals surface area contributed by atoms with Crippen molar-refractivity contribution >= 4 is 17.3 Å². The number of carbonyl (C=O) groups excluding carboxylic acids is 1. The van der Waals surface area contributed by atoms with Crippen molar-refractivity contribution in [3.8, 4) is 0 Å². The summed E-state index contributed by atoms with van der Waals surface area (Å²) in [5.41, 5.74) is 1.21. The van der Waals surface area contributed by atoms with E-state index in [9.17, 15) is 4.79 Å². The maximum Gasteiger partial charge on any atom is 0.339 e. The lowest BCUT2D eigenvalue weighted by atomic mass is 9.85. The number of aromatic nitrogens is 1. The Morgan fingerprint density at radius 2 is 2.24 bits per heavy atom. The van der Waals surface area contributed by atoms with E-state index in [1.807, 2.05) is 6.07 Å². The Balaban J connectivity index is 1.51. The molecule has 1 radical (unpaired) electrons. The van der Waals surface area contributed by atoms with Crippen molar-refractivity contribution < 1.29 is 9.53 Å². The largest absolute Gasteiger partial charge is 0.450 e. The van der Waals surface area contributed by atoms with Crippen LogP contribution in [0.4, 0.5) is 0 Å². The van der Waals surface area contributed by atoms with Gasteiger partial charge in [0, 0.05) is 60.7 Å². The lowest BCUT2D eigenvalue weighted by Gasteiger charge is -2.38. The third kappa shape index (κ3) is 2.17. The van der Waals surface area contributed by atoms with Gasteiger partial charge >= 0.3 is 5.97 Å². The van der Waals surface area contributed by atoms with E-state index in [2.05, 4.69) is 21.3 Å². The highest BCUT2D eigenvalue weighted by Gasteiger charge is 2.47. The molecule has 107 valence electrons. The van der Waals surface area contributed by atoms with Gasteiger partial charge in [0.1, 0.15) is 5.60 Å². The van der Waals surface area contributed by atoms with Crippen LogP contribution in [0.1, 0.15) is 33.6 Å². The Morgan fingerprint density at radius 3 is 3.00 bits per heavy atom. The monoisotopic (exact) mass is 299 g/mol. The van der Waals surface area contributed by atoms with Crippen molar-refractivity contribution in [3.63, 3.8) is 0 Å². The molecule has 0 atom stereocenters. The zero-order chi connectivity index (χ0) is 14.3. The molecule has 4 rings (SSSR count). The van der Waals surface area contributed by atoms with Crippen LogP contribution in [0.2, 0.25) is 0 Å². The highest BCUT2D eigenvalue weighted by atomic mass is 32.1. The maximum absolute atomic E-state index is 12.0. The first-order valence-electron chi connectivity index (χ1n) is 7.12. The van der Waals surface area contributed by atoms with Crippen LogP contribution < -0.4 is 0 Å². The molecule has 1 fully saturated rings. The minimum absolute atomic E-state index is 0.200. The third-order valence-corrected chi connectivity index (χ3v) is 5.17. The molecule has 1 saturated heterocycles. The number of nitrogens with zero attached hydrogens (tertiary/aromatic N) is 2. The van der Waals surface area contributed by atoms with Crippen LogP contribution in [0, 0.1) is 5.38 Å². The molecule has 5 heteroatoms. The second-order valence-electron chi connectivity index (χ2n) is 5.60. The van der Waals surface area contributed by atoms with Crippen molar-refractivity contribution in [1.29, 1.82) is 0 Å². The maximum atomic E-state index is 12.0. The van der Waals surface area contributed by atoms with E-state index >= 15 is 0 Å². The summed E-state index contributed by atoms with van der Waals surface area (Å²) in [6, 6.07) is 5.84. The Morgan fingerprint density at radius 1 is 1.38 bits per heavy atom. The van der Waals surface area contributed by atoms with Crippen LogP contribution in [0.3, 0.4) is 0 Å². The van der Waals surface area contributed by atoms with Crippen LogP contribution in [0.15, 0.2) is 30.6 Å². The van der Waals surface area contributed by atoms with Crippen molar-refractivity contribution in [1.82, 2.24) is 9.88 Å². The Bertz CT molecular complexity index is 661. The first-order valence-corrected chi connectivity index (χ1v) is 7.93. The molecule has 0 aromatic carbocycles. The summed E-state index contributed by atoms with van der Waals surface area (Å²) in [6.45, 7) is 2.82. The molecule has 2 aromatic rings. The predicted octanol–water partition coefficient (Wildman–Crippen LogP) is 2.60. The van der Waals surface area contributed by atoms with Gasteiger partial charge in [-0.15, -0.1) is 11.3 Å². The number of rotatable bonds is 2. The van der Waals surface area contributed by atoms with Crippen molar-refractivity contribution in [3.05, 3.63) is 52.0 Å². The lowest BCUT2D eigenvalue weighted by molar-refractivity contribution is -0.0440. The van der Waals surface area contributed by atoms with E-state index in [1.54, 1.807) is 29.8 Å². The lowest BCUT2D eigenvalue weighted by Crippen LogP contribution is -2.42. The Kier molecular flexibility index (Phi) is 3.05. The highest BCUT2D eigenvalue weighted by Crippen LogP contribution is 2.43. The third-order valence-electron chi connectivity index (χ3n) is 4.39. The minimum atomic E-state index is -0.446. The van der Waals surface area contributed by atoms with E-state index in [1.165, 1.54) is 4.88 Å². The summed E-state index contributed by atoms with van der Waals surface area (Å²) in [6.07, 6.45) is 5.13. The van der Waals surface area contributed by atoms with E-state index in [-0.39, 0.29) is 5.97 Å². The molecule has 0 bridgehead atoms. The molecule has 21 heavy (non-hydrogen) atoms. The second kappa shape index (κ2) is 4.93. The fourth-order valence-electron chi connectivity index (χ4n) is 3.24. The number of ether oxygens (including phenoxy) is 1. The quantitative estimate of drug-likeness (QED) is 0.800. The van der Waals surface area contributed by atoms with E-state index in [0.29, 0.717) is 5.56 Å². The molecule has 0 aliphatic carbocycles. The van der Waals surface area contributed by atoms with Gasteiger partial charge in [-0.3, -0.25) is 9.88 Å². The molecule has 1 spiro atoms. The Labute approximate surface area is 127 Å². The van der Waals surface area contributed by atoms with Crippen LogP contribution >= 0.6 is 11.3 Å². The van der Waals surface area contributed by atoms with Gasteiger partial charge in [-0.1, -0.05) is 0 Å². The number of carbonyl (C=O) groups is 1. The molecule has 0 saturated carbocycles. The summed E-state index contributed by atoms with van der Waals surface area (Å²) in [7, 11) is 0. The molecular weight excluding hydrogens is 284 g/mol. The van der Waals surface area contributed by atoms with E-state index in [4.69, 9.17) is 4.74 Å². The number of likely N-dealkylation sites (tertiary alicyclic amines) is 1. The average molecular weight is 299 g/mol. The van der Waals surface area contributed by atoms with Gasteiger partial charge < -0.3 is 4.74 Å². The number of fused-ring (bicyclic) bond motifs is 2. The van der Waals surface area contributed by atoms with Crippen LogP contribution in [0.5, 0.6) is 0 Å². The SMILES string of the molecule is O=C1OC2(CCN(Cc3cc[c]s3)CC2)c2cnccc21. The topological polar surface area (TPSA) is 42.4 Å². The normalized spacial score (nSPS) is 20.5. The summed E-state index contributed by atoms with van der Waals surface area (Å²) in [5, 5.41) is 3.12. The van der Waals surface area contributed by atoms with Crippen LogP contribution in [0.25, 0.3) is 0 Å². The molecule has 4 nitrogen and oxygen atoms in total. The fourth-order valence-corrected chi connectivity index (χ4v) is 3.91. The average Bonchev–Trinajstić information content (AvgIpc) is 3.10. The van der Waals surface area contributed by atoms with Crippen molar-refractivity contribution in [2.75, 3.05) is 13.1 Å². The zero-order valence-electron chi connectivity index (χ0n) is 11.5. The zero-order valence-corrected chi connectivity index (χ0v) is 12.4. The number of esters is 1. The van der Waals surface area contributed by atoms with Gasteiger partial charge in [0.2, 0.25) is 0 Å². The highest BCUT2D eigenvalue weighted by molar-refractivity contribution is 7.09. The number of pyridine rings is 1. The standard InChI is InChI=1S/C16H15N2O2S/c19-15-13-3-6-17-10-14(13)16(20-15)4-7-18(8-5-16)11-12-2-1-9-21-12/h1-3,6,10H,4-5,7-8,11H2. The van der Waals surface area contributed by atoms with Gasteiger partial charge in [-0.2, -0.15) is 0 Å². The van der Waals surface area contributed by atoms with Crippen molar-refractivity contribution in [2.45, 2.75) is 25.0 Å². The summed E-state index contributed by atoms with van der Waals surface area (Å²) >= 11 is 1.67. The van der Waals surface area contributed by atoms with Gasteiger partial charge in [0.05, 0.1) is 5.56 Å². The van der Waals surface area contributed by atoms with Gasteiger partial charge in [0.25, 0.3) is 0 Å². The van der Waals surface area contributed by atoms with E-state index < -0.39 is 5.60 Å². The summed E-state index contributed by atoms with van der Waals surface area (Å²) in [4.78, 5) is 19.9. The number of thiophene rings is 1. The number of piperidine rings is 1. The molecular formula is C16H15N2O2S. The van der Waals surface area contributed by atoms with Gasteiger partial charge in [-0.25, -0.2) is 4.79 Å². The van der Waals surface area contributed by atoms with Crippen LogP contribution in [-0.4, -0.2) is 28.9 Å². The summed E-state index contributed by atoms with van der Waals surface area (Å²) < 4.78 is 5.73. The molecule has 4 heterocycles. The molecule has 0 unspecified atom stereocenters. The minimum Gasteiger partial charge on any atom is -0.450 e. The number of hydrogen-bond donors (Lipinski definition) is 0. The first kappa shape index (κ1) is 13.0. The molecule has 0 amide bonds. The first-order chi connectivity index (χ1) is 10.3. The molecule has 2 aliphatic rings. The second-order valence-corrected chi connectivity index (χ2v) is 6.56. The smallest absolute Gasteiger partial charge is 0.339 e. The van der Waals surface area contributed by atoms with Gasteiger partial charge in [-0.05, 0) is 18.2 Å². The molecule has 2 aromatic heterocycles. The predicted molar refractivity (Wildman–Crippen MR) is 79.0 cm³/mol. The van der Waals surface area contributed by atoms with E-state index in [0.717, 1.165) is 38.0 Å². The van der Waals surface area contributed by atoms with Crippen molar-refractivity contribution in [2.24, 2.45) is 0 Å². The number of hydrogen-bond acceptors (Lipinski definition) is 5. The Hall–Kier alpha value is -1.72. The summed E-state index contributed by atoms with van der Waals surface area (Å²) in [5.74, 6) is -0.200. The van der Waals surface area contributed by atoms with Crippen LogP contribution in [-0.2, 0) is 16.9 Å². The van der Waals surface area contributed by atoms with Gasteiger partial charge in [0.15, 0.2) is 0 Å². The molecule has 2 aliphatic heterocycles.